The highest BCUT2D eigenvalue weighted by molar-refractivity contribution is 7.91. The third-order valence-corrected chi connectivity index (χ3v) is 6.25. The molecule has 100 valence electrons. The molecule has 0 radical (unpaired) electrons. The van der Waals surface area contributed by atoms with E-state index in [1.807, 2.05) is 0 Å². The molecule has 17 heavy (non-hydrogen) atoms. The first-order valence-electron chi connectivity index (χ1n) is 6.81. The van der Waals surface area contributed by atoms with Crippen molar-refractivity contribution in [3.63, 3.8) is 0 Å². The monoisotopic (exact) mass is 259 g/mol. The summed E-state index contributed by atoms with van der Waals surface area (Å²) in [5.41, 5.74) is 0.484. The fourth-order valence-electron chi connectivity index (χ4n) is 3.07. The molecule has 0 aliphatic heterocycles. The lowest BCUT2D eigenvalue weighted by Crippen LogP contribution is -2.45. The maximum absolute atomic E-state index is 11.6. The fraction of sp³-hybridized carbons (Fsp3) is 1.00. The average molecular weight is 259 g/mol. The van der Waals surface area contributed by atoms with Gasteiger partial charge in [0.2, 0.25) is 0 Å². The van der Waals surface area contributed by atoms with Gasteiger partial charge in [0.05, 0.1) is 5.25 Å². The van der Waals surface area contributed by atoms with Gasteiger partial charge in [-0.2, -0.15) is 0 Å². The van der Waals surface area contributed by atoms with Crippen LogP contribution in [0.4, 0.5) is 0 Å². The quantitative estimate of drug-likeness (QED) is 0.841. The van der Waals surface area contributed by atoms with Crippen molar-refractivity contribution in [1.82, 2.24) is 5.32 Å². The van der Waals surface area contributed by atoms with Crippen LogP contribution in [0, 0.1) is 5.41 Å². The van der Waals surface area contributed by atoms with E-state index >= 15 is 0 Å². The van der Waals surface area contributed by atoms with Crippen molar-refractivity contribution in [2.24, 2.45) is 5.41 Å². The molecular formula is C13H25NO2S. The Bertz CT molecular complexity index is 360. The van der Waals surface area contributed by atoms with Gasteiger partial charge in [0.25, 0.3) is 0 Å². The summed E-state index contributed by atoms with van der Waals surface area (Å²) in [7, 11) is -2.84. The molecule has 4 heteroatoms. The summed E-state index contributed by atoms with van der Waals surface area (Å²) in [6.07, 6.45) is 9.24. The zero-order valence-electron chi connectivity index (χ0n) is 11.0. The van der Waals surface area contributed by atoms with Crippen LogP contribution < -0.4 is 5.32 Å². The minimum Gasteiger partial charge on any atom is -0.313 e. The van der Waals surface area contributed by atoms with E-state index in [2.05, 4.69) is 12.2 Å². The normalized spacial score (nSPS) is 33.1. The second-order valence-corrected chi connectivity index (χ2v) is 8.69. The van der Waals surface area contributed by atoms with Crippen molar-refractivity contribution in [1.29, 1.82) is 0 Å². The molecule has 2 aliphatic carbocycles. The Kier molecular flexibility index (Phi) is 3.83. The van der Waals surface area contributed by atoms with Crippen LogP contribution in [-0.2, 0) is 9.84 Å². The summed E-state index contributed by atoms with van der Waals surface area (Å²) in [5, 5.41) is 3.49. The third kappa shape index (κ3) is 3.44. The van der Waals surface area contributed by atoms with Crippen LogP contribution in [0.5, 0.6) is 0 Å². The molecule has 1 N–H and O–H groups in total. The summed E-state index contributed by atoms with van der Waals surface area (Å²) in [5.74, 6) is 0. The van der Waals surface area contributed by atoms with Gasteiger partial charge >= 0.3 is 0 Å². The first kappa shape index (κ1) is 13.3. The standard InChI is InChI=1S/C13H25NO2S/c1-13(7-4-8-13)10-14-11-5-3-6-12(9-11)17(2,15)16/h11-12,14H,3-10H2,1-2H3. The SMILES string of the molecule is CC1(CNC2CCCC(S(C)(=O)=O)C2)CCC1. The van der Waals surface area contributed by atoms with Gasteiger partial charge in [0.1, 0.15) is 9.84 Å². The Morgan fingerprint density at radius 2 is 1.94 bits per heavy atom. The van der Waals surface area contributed by atoms with E-state index in [1.54, 1.807) is 0 Å². The molecule has 2 unspecified atom stereocenters. The maximum atomic E-state index is 11.6. The van der Waals surface area contributed by atoms with Crippen LogP contribution in [0.3, 0.4) is 0 Å². The van der Waals surface area contributed by atoms with Crippen LogP contribution in [0.1, 0.15) is 51.9 Å². The first-order valence-corrected chi connectivity index (χ1v) is 8.77. The Labute approximate surface area is 105 Å². The second kappa shape index (κ2) is 4.88. The minimum atomic E-state index is -2.84. The molecule has 0 spiro atoms. The summed E-state index contributed by atoms with van der Waals surface area (Å²) in [4.78, 5) is 0. The highest BCUT2D eigenvalue weighted by atomic mass is 32.2. The second-order valence-electron chi connectivity index (χ2n) is 6.36. The van der Waals surface area contributed by atoms with Gasteiger partial charge in [0.15, 0.2) is 0 Å². The molecule has 0 bridgehead atoms. The molecular weight excluding hydrogens is 234 g/mol. The number of hydrogen-bond acceptors (Lipinski definition) is 3. The van der Waals surface area contributed by atoms with Gasteiger partial charge in [-0.3, -0.25) is 0 Å². The molecule has 2 rings (SSSR count). The fourth-order valence-corrected chi connectivity index (χ4v) is 4.24. The molecule has 2 saturated carbocycles. The Hall–Kier alpha value is -0.0900. The van der Waals surface area contributed by atoms with Crippen LogP contribution in [0.2, 0.25) is 0 Å². The smallest absolute Gasteiger partial charge is 0.150 e. The molecule has 0 aromatic rings. The van der Waals surface area contributed by atoms with Crippen LogP contribution in [-0.4, -0.2) is 32.5 Å². The van der Waals surface area contributed by atoms with Crippen molar-refractivity contribution in [2.75, 3.05) is 12.8 Å². The van der Waals surface area contributed by atoms with Crippen molar-refractivity contribution in [3.8, 4) is 0 Å². The van der Waals surface area contributed by atoms with Crippen molar-refractivity contribution in [2.45, 2.75) is 63.2 Å². The zero-order chi connectivity index (χ0) is 12.5. The predicted molar refractivity (Wildman–Crippen MR) is 70.8 cm³/mol. The van der Waals surface area contributed by atoms with Crippen molar-refractivity contribution < 1.29 is 8.42 Å². The molecule has 2 fully saturated rings. The minimum absolute atomic E-state index is 0.108. The van der Waals surface area contributed by atoms with E-state index in [9.17, 15) is 8.42 Å². The van der Waals surface area contributed by atoms with Crippen LogP contribution in [0.15, 0.2) is 0 Å². The van der Waals surface area contributed by atoms with Crippen molar-refractivity contribution >= 4 is 9.84 Å². The number of rotatable bonds is 4. The molecule has 0 aromatic heterocycles. The Morgan fingerprint density at radius 1 is 1.24 bits per heavy atom. The lowest BCUT2D eigenvalue weighted by atomic mass is 9.70. The molecule has 0 heterocycles. The number of sulfone groups is 1. The molecule has 2 aliphatic rings. The van der Waals surface area contributed by atoms with Crippen molar-refractivity contribution in [3.05, 3.63) is 0 Å². The third-order valence-electron chi connectivity index (χ3n) is 4.61. The summed E-state index contributed by atoms with van der Waals surface area (Å²) < 4.78 is 23.1. The van der Waals surface area contributed by atoms with Gasteiger partial charge in [-0.05, 0) is 37.5 Å². The van der Waals surface area contributed by atoms with E-state index in [-0.39, 0.29) is 5.25 Å². The molecule has 0 amide bonds. The predicted octanol–water partition coefficient (Wildman–Crippen LogP) is 2.12. The molecule has 2 atom stereocenters. The van der Waals surface area contributed by atoms with Gasteiger partial charge in [-0.1, -0.05) is 19.8 Å². The highest BCUT2D eigenvalue weighted by Crippen LogP contribution is 2.39. The Balaban J connectivity index is 1.81. The first-order chi connectivity index (χ1) is 7.89. The molecule has 0 saturated heterocycles. The van der Waals surface area contributed by atoms with Gasteiger partial charge in [-0.25, -0.2) is 8.42 Å². The van der Waals surface area contributed by atoms with Crippen LogP contribution in [0.25, 0.3) is 0 Å². The molecule has 3 nitrogen and oxygen atoms in total. The average Bonchev–Trinajstić information content (AvgIpc) is 2.23. The van der Waals surface area contributed by atoms with Gasteiger partial charge < -0.3 is 5.32 Å². The number of nitrogens with one attached hydrogen (secondary N) is 1. The van der Waals surface area contributed by atoms with E-state index in [4.69, 9.17) is 0 Å². The van der Waals surface area contributed by atoms with E-state index in [0.717, 1.165) is 32.2 Å². The highest BCUT2D eigenvalue weighted by Gasteiger charge is 2.34. The summed E-state index contributed by atoms with van der Waals surface area (Å²) in [6, 6.07) is 0.417. The Morgan fingerprint density at radius 3 is 2.47 bits per heavy atom. The largest absolute Gasteiger partial charge is 0.313 e. The lowest BCUT2D eigenvalue weighted by molar-refractivity contribution is 0.146. The van der Waals surface area contributed by atoms with E-state index < -0.39 is 9.84 Å². The number of hydrogen-bond donors (Lipinski definition) is 1. The maximum Gasteiger partial charge on any atom is 0.150 e. The van der Waals surface area contributed by atoms with Gasteiger partial charge in [-0.15, -0.1) is 0 Å². The van der Waals surface area contributed by atoms with E-state index in [0.29, 0.717) is 11.5 Å². The van der Waals surface area contributed by atoms with Gasteiger partial charge in [0, 0.05) is 18.8 Å². The van der Waals surface area contributed by atoms with Crippen LogP contribution >= 0.6 is 0 Å². The topological polar surface area (TPSA) is 46.2 Å². The summed E-state index contributed by atoms with van der Waals surface area (Å²) >= 11 is 0. The summed E-state index contributed by atoms with van der Waals surface area (Å²) in [6.45, 7) is 3.40. The molecule has 0 aromatic carbocycles. The van der Waals surface area contributed by atoms with E-state index in [1.165, 1.54) is 25.5 Å². The lowest BCUT2D eigenvalue weighted by Gasteiger charge is -2.40. The zero-order valence-corrected chi connectivity index (χ0v) is 11.9.